The minimum atomic E-state index is -3.87. The summed E-state index contributed by atoms with van der Waals surface area (Å²) in [4.78, 5) is 2.21. The summed E-state index contributed by atoms with van der Waals surface area (Å²) in [5.41, 5.74) is 0.971. The highest BCUT2D eigenvalue weighted by atomic mass is 32.2. The van der Waals surface area contributed by atoms with E-state index in [9.17, 15) is 13.5 Å². The average Bonchev–Trinajstić information content (AvgIpc) is 3.02. The second-order valence-corrected chi connectivity index (χ2v) is 9.57. The zero-order valence-electron chi connectivity index (χ0n) is 18.1. The molecule has 3 aromatic rings. The van der Waals surface area contributed by atoms with E-state index < -0.39 is 15.6 Å². The topological polar surface area (TPSA) is 62.5 Å². The molecule has 5 nitrogen and oxygen atoms in total. The Morgan fingerprint density at radius 3 is 2.20 bits per heavy atom. The Hall–Kier alpha value is -2.75. The Morgan fingerprint density at radius 2 is 1.63 bits per heavy atom. The molecule has 0 aliphatic carbocycles. The Bertz CT molecular complexity index is 1220. The molecule has 0 fully saturated rings. The third-order valence-corrected chi connectivity index (χ3v) is 6.64. The lowest BCUT2D eigenvalue weighted by Gasteiger charge is -2.24. The molecule has 0 unspecified atom stereocenters. The number of aliphatic hydroxyl groups is 1. The number of benzene rings is 2. The summed E-state index contributed by atoms with van der Waals surface area (Å²) < 4.78 is 28.9. The van der Waals surface area contributed by atoms with Gasteiger partial charge in [-0.1, -0.05) is 47.7 Å². The molecule has 0 saturated carbocycles. The zero-order chi connectivity index (χ0) is 22.1. The highest BCUT2D eigenvalue weighted by Gasteiger charge is 2.29. The van der Waals surface area contributed by atoms with Crippen molar-refractivity contribution in [3.63, 3.8) is 0 Å². The second kappa shape index (κ2) is 8.17. The fourth-order valence-electron chi connectivity index (χ4n) is 3.41. The maximum Gasteiger partial charge on any atom is 0.269 e. The summed E-state index contributed by atoms with van der Waals surface area (Å²) in [7, 11) is -3.87. The van der Waals surface area contributed by atoms with Gasteiger partial charge in [0.2, 0.25) is 0 Å². The van der Waals surface area contributed by atoms with Crippen LogP contribution in [0, 0.1) is 18.8 Å². The van der Waals surface area contributed by atoms with Gasteiger partial charge in [0.05, 0.1) is 16.0 Å². The predicted octanol–water partition coefficient (Wildman–Crippen LogP) is 4.16. The van der Waals surface area contributed by atoms with Crippen LogP contribution in [0.1, 0.15) is 38.8 Å². The molecule has 0 bridgehead atoms. The quantitative estimate of drug-likeness (QED) is 0.625. The van der Waals surface area contributed by atoms with Crippen LogP contribution in [0.3, 0.4) is 0 Å². The van der Waals surface area contributed by atoms with Gasteiger partial charge in [0.25, 0.3) is 10.0 Å². The van der Waals surface area contributed by atoms with Gasteiger partial charge in [0, 0.05) is 18.5 Å². The van der Waals surface area contributed by atoms with Crippen LogP contribution < -0.4 is 4.90 Å². The van der Waals surface area contributed by atoms with E-state index in [-0.39, 0.29) is 4.90 Å². The molecule has 30 heavy (non-hydrogen) atoms. The van der Waals surface area contributed by atoms with E-state index in [1.165, 1.54) is 3.97 Å². The normalized spacial score (nSPS) is 11.9. The lowest BCUT2D eigenvalue weighted by molar-refractivity contribution is 0.143. The number of rotatable bonds is 5. The Balaban J connectivity index is 2.45. The molecule has 3 rings (SSSR count). The summed E-state index contributed by atoms with van der Waals surface area (Å²) in [6, 6.07) is 14.2. The van der Waals surface area contributed by atoms with Gasteiger partial charge < -0.3 is 10.0 Å². The third-order valence-electron chi connectivity index (χ3n) is 4.92. The number of aryl methyl sites for hydroxylation is 1. The van der Waals surface area contributed by atoms with Crippen molar-refractivity contribution >= 4 is 26.7 Å². The van der Waals surface area contributed by atoms with Gasteiger partial charge in [0.15, 0.2) is 0 Å². The molecular formula is C24H28N2O3S. The fourth-order valence-corrected chi connectivity index (χ4v) is 4.95. The average molecular weight is 425 g/mol. The van der Waals surface area contributed by atoms with Gasteiger partial charge in [-0.3, -0.25) is 0 Å². The van der Waals surface area contributed by atoms with Crippen molar-refractivity contribution in [2.45, 2.75) is 45.1 Å². The first-order valence-electron chi connectivity index (χ1n) is 10.1. The minimum absolute atomic E-state index is 0.226. The molecule has 0 radical (unpaired) electrons. The van der Waals surface area contributed by atoms with Crippen molar-refractivity contribution in [3.05, 3.63) is 59.7 Å². The van der Waals surface area contributed by atoms with E-state index in [1.54, 1.807) is 44.2 Å². The van der Waals surface area contributed by atoms with Gasteiger partial charge in [-0.2, -0.15) is 0 Å². The van der Waals surface area contributed by atoms with E-state index >= 15 is 0 Å². The predicted molar refractivity (Wildman–Crippen MR) is 122 cm³/mol. The Labute approximate surface area is 179 Å². The smallest absolute Gasteiger partial charge is 0.269 e. The van der Waals surface area contributed by atoms with E-state index in [2.05, 4.69) is 11.8 Å². The highest BCUT2D eigenvalue weighted by molar-refractivity contribution is 7.90. The van der Waals surface area contributed by atoms with Crippen LogP contribution in [0.4, 0.5) is 5.82 Å². The van der Waals surface area contributed by atoms with E-state index in [4.69, 9.17) is 0 Å². The number of hydrogen-bond donors (Lipinski definition) is 1. The lowest BCUT2D eigenvalue weighted by Crippen LogP contribution is -2.28. The number of nitrogens with zero attached hydrogens (tertiary/aromatic N) is 2. The number of fused-ring (bicyclic) bond motifs is 1. The first kappa shape index (κ1) is 21.9. The molecule has 0 aliphatic rings. The molecule has 1 heterocycles. The maximum absolute atomic E-state index is 13.8. The van der Waals surface area contributed by atoms with Crippen LogP contribution in [-0.4, -0.2) is 36.2 Å². The molecule has 1 aromatic heterocycles. The van der Waals surface area contributed by atoms with Crippen LogP contribution in [0.2, 0.25) is 0 Å². The van der Waals surface area contributed by atoms with Crippen LogP contribution in [0.5, 0.6) is 0 Å². The SMILES string of the molecule is CCN(CC)c1c(C#CC(C)(C)O)c2ccccc2n1S(=O)(=O)c1ccc(C)cc1. The van der Waals surface area contributed by atoms with Crippen LogP contribution in [-0.2, 0) is 10.0 Å². The second-order valence-electron chi connectivity index (χ2n) is 7.78. The zero-order valence-corrected chi connectivity index (χ0v) is 18.9. The van der Waals surface area contributed by atoms with Crippen molar-refractivity contribution < 1.29 is 13.5 Å². The first-order chi connectivity index (χ1) is 14.1. The van der Waals surface area contributed by atoms with E-state index in [1.807, 2.05) is 43.9 Å². The number of hydrogen-bond acceptors (Lipinski definition) is 4. The fraction of sp³-hybridized carbons (Fsp3) is 0.333. The van der Waals surface area contributed by atoms with E-state index in [0.717, 1.165) is 10.9 Å². The molecule has 1 N–H and O–H groups in total. The van der Waals surface area contributed by atoms with E-state index in [0.29, 0.717) is 30.0 Å². The van der Waals surface area contributed by atoms with Crippen molar-refractivity contribution in [2.75, 3.05) is 18.0 Å². The van der Waals surface area contributed by atoms with Gasteiger partial charge in [0.1, 0.15) is 11.4 Å². The van der Waals surface area contributed by atoms with Crippen molar-refractivity contribution in [1.82, 2.24) is 3.97 Å². The molecule has 0 spiro atoms. The first-order valence-corrected chi connectivity index (χ1v) is 11.5. The Morgan fingerprint density at radius 1 is 1.03 bits per heavy atom. The highest BCUT2D eigenvalue weighted by Crippen LogP contribution is 2.36. The molecular weight excluding hydrogens is 396 g/mol. The monoisotopic (exact) mass is 424 g/mol. The standard InChI is InChI=1S/C24H28N2O3S/c1-6-25(7-2)23-21(16-17-24(4,5)27)20-10-8-9-11-22(20)26(23)30(28,29)19-14-12-18(3)13-15-19/h8-15,27H,6-7H2,1-5H3. The van der Waals surface area contributed by atoms with Crippen LogP contribution in [0.15, 0.2) is 53.4 Å². The lowest BCUT2D eigenvalue weighted by atomic mass is 10.1. The van der Waals surface area contributed by atoms with Gasteiger partial charge in [-0.15, -0.1) is 0 Å². The summed E-state index contributed by atoms with van der Waals surface area (Å²) in [5.74, 6) is 6.45. The third kappa shape index (κ3) is 4.09. The van der Waals surface area contributed by atoms with Gasteiger partial charge >= 0.3 is 0 Å². The molecule has 0 saturated heterocycles. The number of anilines is 1. The molecule has 0 aliphatic heterocycles. The molecule has 2 aromatic carbocycles. The summed E-state index contributed by atoms with van der Waals surface area (Å²) in [6.07, 6.45) is 0. The molecule has 0 atom stereocenters. The Kier molecular flexibility index (Phi) is 5.98. The molecule has 0 amide bonds. The van der Waals surface area contributed by atoms with Crippen LogP contribution in [0.25, 0.3) is 10.9 Å². The summed E-state index contributed by atoms with van der Waals surface area (Å²) in [5, 5.41) is 10.9. The van der Waals surface area contributed by atoms with Crippen LogP contribution >= 0.6 is 0 Å². The largest absolute Gasteiger partial charge is 0.378 e. The summed E-state index contributed by atoms with van der Waals surface area (Å²) in [6.45, 7) is 10.3. The molecule has 6 heteroatoms. The number of para-hydroxylation sites is 1. The van der Waals surface area contributed by atoms with Gasteiger partial charge in [-0.25, -0.2) is 12.4 Å². The van der Waals surface area contributed by atoms with Gasteiger partial charge in [-0.05, 0) is 52.8 Å². The van der Waals surface area contributed by atoms with Crippen molar-refractivity contribution in [1.29, 1.82) is 0 Å². The van der Waals surface area contributed by atoms with Crippen molar-refractivity contribution in [2.24, 2.45) is 0 Å². The van der Waals surface area contributed by atoms with Crippen molar-refractivity contribution in [3.8, 4) is 11.8 Å². The summed E-state index contributed by atoms with van der Waals surface area (Å²) >= 11 is 0. The maximum atomic E-state index is 13.8. The number of aromatic nitrogens is 1. The molecule has 158 valence electrons. The minimum Gasteiger partial charge on any atom is -0.378 e.